The fraction of sp³-hybridized carbons (Fsp3) is 0.182. The van der Waals surface area contributed by atoms with E-state index in [0.717, 1.165) is 6.42 Å². The normalized spacial score (nSPS) is 19.2. The number of hydrogen-bond donors (Lipinski definition) is 1. The highest BCUT2D eigenvalue weighted by Gasteiger charge is 2.32. The van der Waals surface area contributed by atoms with E-state index in [4.69, 9.17) is 0 Å². The Bertz CT molecular complexity index is 790. The SMILES string of the molecule is Cc1ccc(CC2c3ccccc3NC2c2ccccc2)cc1. The van der Waals surface area contributed by atoms with Gasteiger partial charge in [0.1, 0.15) is 0 Å². The van der Waals surface area contributed by atoms with Crippen molar-refractivity contribution in [2.45, 2.75) is 25.3 Å². The van der Waals surface area contributed by atoms with Gasteiger partial charge in [0.15, 0.2) is 0 Å². The molecule has 0 aliphatic carbocycles. The van der Waals surface area contributed by atoms with Crippen molar-refractivity contribution in [3.63, 3.8) is 0 Å². The molecule has 0 spiro atoms. The van der Waals surface area contributed by atoms with Gasteiger partial charge in [0.25, 0.3) is 0 Å². The minimum absolute atomic E-state index is 0.343. The van der Waals surface area contributed by atoms with E-state index in [1.165, 1.54) is 27.9 Å². The van der Waals surface area contributed by atoms with E-state index in [-0.39, 0.29) is 0 Å². The molecule has 1 nitrogen and oxygen atoms in total. The zero-order valence-electron chi connectivity index (χ0n) is 13.4. The smallest absolute Gasteiger partial charge is 0.0586 e. The summed E-state index contributed by atoms with van der Waals surface area (Å²) in [6, 6.07) is 28.8. The van der Waals surface area contributed by atoms with Crippen molar-refractivity contribution >= 4 is 5.69 Å². The van der Waals surface area contributed by atoms with E-state index in [2.05, 4.69) is 91.1 Å². The molecular weight excluding hydrogens is 278 g/mol. The predicted octanol–water partition coefficient (Wildman–Crippen LogP) is 5.49. The molecule has 3 aromatic rings. The molecular formula is C22H21N. The van der Waals surface area contributed by atoms with Gasteiger partial charge >= 0.3 is 0 Å². The highest BCUT2D eigenvalue weighted by atomic mass is 15.0. The highest BCUT2D eigenvalue weighted by Crippen LogP contribution is 2.45. The van der Waals surface area contributed by atoms with Crippen molar-refractivity contribution in [1.82, 2.24) is 0 Å². The molecule has 1 aliphatic heterocycles. The number of para-hydroxylation sites is 1. The maximum atomic E-state index is 3.73. The second kappa shape index (κ2) is 5.92. The number of anilines is 1. The molecule has 0 saturated carbocycles. The van der Waals surface area contributed by atoms with Gasteiger partial charge in [-0.25, -0.2) is 0 Å². The maximum absolute atomic E-state index is 3.73. The Morgan fingerprint density at radius 1 is 0.783 bits per heavy atom. The van der Waals surface area contributed by atoms with E-state index >= 15 is 0 Å². The Kier molecular flexibility index (Phi) is 3.63. The maximum Gasteiger partial charge on any atom is 0.0586 e. The van der Waals surface area contributed by atoms with Crippen LogP contribution in [0.2, 0.25) is 0 Å². The fourth-order valence-electron chi connectivity index (χ4n) is 3.58. The van der Waals surface area contributed by atoms with Crippen LogP contribution >= 0.6 is 0 Å². The molecule has 0 aromatic heterocycles. The van der Waals surface area contributed by atoms with Crippen molar-refractivity contribution in [2.75, 3.05) is 5.32 Å². The fourth-order valence-corrected chi connectivity index (χ4v) is 3.58. The first-order chi connectivity index (χ1) is 11.3. The lowest BCUT2D eigenvalue weighted by molar-refractivity contribution is 0.617. The average molecular weight is 299 g/mol. The summed E-state index contributed by atoms with van der Waals surface area (Å²) in [6.45, 7) is 2.14. The summed E-state index contributed by atoms with van der Waals surface area (Å²) in [6.07, 6.45) is 1.06. The first-order valence-electron chi connectivity index (χ1n) is 8.27. The van der Waals surface area contributed by atoms with Gasteiger partial charge in [0.2, 0.25) is 0 Å². The van der Waals surface area contributed by atoms with Crippen molar-refractivity contribution in [2.24, 2.45) is 0 Å². The quantitative estimate of drug-likeness (QED) is 0.674. The molecule has 114 valence electrons. The largest absolute Gasteiger partial charge is 0.377 e. The minimum Gasteiger partial charge on any atom is -0.377 e. The van der Waals surface area contributed by atoms with Gasteiger partial charge in [-0.2, -0.15) is 0 Å². The van der Waals surface area contributed by atoms with Crippen LogP contribution in [-0.2, 0) is 6.42 Å². The zero-order valence-corrected chi connectivity index (χ0v) is 13.4. The van der Waals surface area contributed by atoms with Gasteiger partial charge < -0.3 is 5.32 Å². The van der Waals surface area contributed by atoms with E-state index in [0.29, 0.717) is 12.0 Å². The van der Waals surface area contributed by atoms with Crippen LogP contribution in [0.3, 0.4) is 0 Å². The third-order valence-corrected chi connectivity index (χ3v) is 4.81. The number of aryl methyl sites for hydroxylation is 1. The van der Waals surface area contributed by atoms with E-state index in [1.807, 2.05) is 0 Å². The molecule has 0 bridgehead atoms. The lowest BCUT2D eigenvalue weighted by atomic mass is 9.85. The van der Waals surface area contributed by atoms with Gasteiger partial charge in [0.05, 0.1) is 6.04 Å². The predicted molar refractivity (Wildman–Crippen MR) is 96.9 cm³/mol. The molecule has 0 amide bonds. The van der Waals surface area contributed by atoms with Crippen molar-refractivity contribution in [3.8, 4) is 0 Å². The standard InChI is InChI=1S/C22H21N/c1-16-11-13-17(14-12-16)15-20-19-9-5-6-10-21(19)23-22(20)18-7-3-2-4-8-18/h2-14,20,22-23H,15H2,1H3. The van der Waals surface area contributed by atoms with Gasteiger partial charge in [-0.1, -0.05) is 78.4 Å². The molecule has 1 heteroatoms. The average Bonchev–Trinajstić information content (AvgIpc) is 2.96. The molecule has 1 N–H and O–H groups in total. The molecule has 3 aromatic carbocycles. The third-order valence-electron chi connectivity index (χ3n) is 4.81. The van der Waals surface area contributed by atoms with Crippen molar-refractivity contribution < 1.29 is 0 Å². The summed E-state index contributed by atoms with van der Waals surface area (Å²) in [7, 11) is 0. The molecule has 0 radical (unpaired) electrons. The first kappa shape index (κ1) is 14.1. The summed E-state index contributed by atoms with van der Waals surface area (Å²) in [4.78, 5) is 0. The van der Waals surface area contributed by atoms with Gasteiger partial charge in [-0.3, -0.25) is 0 Å². The Labute approximate surface area is 138 Å². The summed E-state index contributed by atoms with van der Waals surface area (Å²) >= 11 is 0. The first-order valence-corrected chi connectivity index (χ1v) is 8.27. The van der Waals surface area contributed by atoms with Gasteiger partial charge in [-0.15, -0.1) is 0 Å². The van der Waals surface area contributed by atoms with Gasteiger partial charge in [0, 0.05) is 11.6 Å². The second-order valence-electron chi connectivity index (χ2n) is 6.42. The van der Waals surface area contributed by atoms with Crippen LogP contribution in [0.1, 0.15) is 34.2 Å². The van der Waals surface area contributed by atoms with E-state index in [1.54, 1.807) is 0 Å². The van der Waals surface area contributed by atoms with Crippen LogP contribution in [0.15, 0.2) is 78.9 Å². The second-order valence-corrected chi connectivity index (χ2v) is 6.42. The Morgan fingerprint density at radius 2 is 1.48 bits per heavy atom. The summed E-state index contributed by atoms with van der Waals surface area (Å²) in [5.74, 6) is 0.469. The molecule has 1 aliphatic rings. The number of fused-ring (bicyclic) bond motifs is 1. The molecule has 0 fully saturated rings. The molecule has 2 unspecified atom stereocenters. The Balaban J connectivity index is 1.71. The Hall–Kier alpha value is -2.54. The molecule has 23 heavy (non-hydrogen) atoms. The van der Waals surface area contributed by atoms with Crippen LogP contribution in [0.4, 0.5) is 5.69 Å². The highest BCUT2D eigenvalue weighted by molar-refractivity contribution is 5.61. The third kappa shape index (κ3) is 2.75. The van der Waals surface area contributed by atoms with Crippen LogP contribution in [-0.4, -0.2) is 0 Å². The van der Waals surface area contributed by atoms with Crippen LogP contribution in [0, 0.1) is 6.92 Å². The van der Waals surface area contributed by atoms with E-state index < -0.39 is 0 Å². The molecule has 4 rings (SSSR count). The summed E-state index contributed by atoms with van der Waals surface area (Å²) in [5, 5.41) is 3.73. The number of rotatable bonds is 3. The Morgan fingerprint density at radius 3 is 2.26 bits per heavy atom. The van der Waals surface area contributed by atoms with Crippen molar-refractivity contribution in [3.05, 3.63) is 101 Å². The van der Waals surface area contributed by atoms with Crippen LogP contribution in [0.5, 0.6) is 0 Å². The lowest BCUT2D eigenvalue weighted by Gasteiger charge is -2.21. The molecule has 0 saturated heterocycles. The summed E-state index contributed by atoms with van der Waals surface area (Å²) < 4.78 is 0. The summed E-state index contributed by atoms with van der Waals surface area (Å²) in [5.41, 5.74) is 6.79. The molecule has 2 atom stereocenters. The number of hydrogen-bond acceptors (Lipinski definition) is 1. The monoisotopic (exact) mass is 299 g/mol. The number of benzene rings is 3. The van der Waals surface area contributed by atoms with Crippen LogP contribution < -0.4 is 5.32 Å². The van der Waals surface area contributed by atoms with Crippen molar-refractivity contribution in [1.29, 1.82) is 0 Å². The van der Waals surface area contributed by atoms with Gasteiger partial charge in [-0.05, 0) is 36.1 Å². The zero-order chi connectivity index (χ0) is 15.6. The minimum atomic E-state index is 0.343. The van der Waals surface area contributed by atoms with E-state index in [9.17, 15) is 0 Å². The number of nitrogens with one attached hydrogen (secondary N) is 1. The topological polar surface area (TPSA) is 12.0 Å². The lowest BCUT2D eigenvalue weighted by Crippen LogP contribution is -2.13. The van der Waals surface area contributed by atoms with Crippen LogP contribution in [0.25, 0.3) is 0 Å². The molecule has 1 heterocycles.